The van der Waals surface area contributed by atoms with Gasteiger partial charge in [0, 0.05) is 27.2 Å². The molecule has 0 radical (unpaired) electrons. The van der Waals surface area contributed by atoms with Crippen LogP contribution in [0.25, 0.3) is 55.5 Å². The first-order valence-corrected chi connectivity index (χ1v) is 21.0. The number of hydrogen-bond donors (Lipinski definition) is 1. The summed E-state index contributed by atoms with van der Waals surface area (Å²) in [5, 5.41) is 0.940. The van der Waals surface area contributed by atoms with Crippen LogP contribution in [0, 0.1) is 0 Å². The SMILES string of the molecule is C=C(c1ccc2c(c1)C(C)(C)C(=C)/C2=C\C=C/C)c1c(/N=C(\N)c2ccc3c(c2)C(C)(C)c2ccccc2-3)oc2ccc(-c3ccc4c(c3)C(C)(C)c3ccccc3-4)cc12. The van der Waals surface area contributed by atoms with Gasteiger partial charge in [-0.2, -0.15) is 4.99 Å². The molecule has 0 unspecified atom stereocenters. The van der Waals surface area contributed by atoms with E-state index < -0.39 is 0 Å². The van der Waals surface area contributed by atoms with Crippen LogP contribution in [0.3, 0.4) is 0 Å². The molecule has 0 fully saturated rings. The molecule has 3 nitrogen and oxygen atoms in total. The molecule has 0 amide bonds. The Labute approximate surface area is 354 Å². The van der Waals surface area contributed by atoms with E-state index in [0.29, 0.717) is 11.7 Å². The van der Waals surface area contributed by atoms with Gasteiger partial charge in [-0.3, -0.25) is 0 Å². The van der Waals surface area contributed by atoms with Gasteiger partial charge in [0.05, 0.1) is 5.56 Å². The van der Waals surface area contributed by atoms with E-state index in [0.717, 1.165) is 49.9 Å². The van der Waals surface area contributed by atoms with E-state index in [-0.39, 0.29) is 16.2 Å². The normalized spacial score (nSPS) is 17.2. The molecule has 6 aromatic carbocycles. The van der Waals surface area contributed by atoms with Gasteiger partial charge >= 0.3 is 0 Å². The van der Waals surface area contributed by atoms with Gasteiger partial charge in [0.25, 0.3) is 0 Å². The molecule has 10 rings (SSSR count). The summed E-state index contributed by atoms with van der Waals surface area (Å²) in [6.45, 7) is 25.1. The largest absolute Gasteiger partial charge is 0.438 e. The molecular formula is C57H50N2O. The Kier molecular flexibility index (Phi) is 8.23. The molecule has 0 aliphatic heterocycles. The Morgan fingerprint density at radius 3 is 1.82 bits per heavy atom. The highest BCUT2D eigenvalue weighted by Crippen LogP contribution is 2.53. The van der Waals surface area contributed by atoms with E-state index in [1.807, 2.05) is 6.92 Å². The zero-order valence-corrected chi connectivity index (χ0v) is 35.6. The molecule has 3 aliphatic rings. The van der Waals surface area contributed by atoms with Crippen molar-refractivity contribution in [3.63, 3.8) is 0 Å². The summed E-state index contributed by atoms with van der Waals surface area (Å²) < 4.78 is 6.71. The first kappa shape index (κ1) is 37.6. The lowest BCUT2D eigenvalue weighted by Crippen LogP contribution is -2.18. The highest BCUT2D eigenvalue weighted by Gasteiger charge is 2.38. The van der Waals surface area contributed by atoms with Crippen molar-refractivity contribution in [3.8, 4) is 33.4 Å². The summed E-state index contributed by atoms with van der Waals surface area (Å²) in [6.07, 6.45) is 6.31. The van der Waals surface area contributed by atoms with Crippen molar-refractivity contribution < 1.29 is 4.42 Å². The van der Waals surface area contributed by atoms with E-state index in [1.165, 1.54) is 61.2 Å². The molecule has 0 saturated carbocycles. The molecule has 0 bridgehead atoms. The van der Waals surface area contributed by atoms with Crippen molar-refractivity contribution in [1.82, 2.24) is 0 Å². The molecule has 1 heterocycles. The number of amidine groups is 1. The summed E-state index contributed by atoms with van der Waals surface area (Å²) >= 11 is 0. The van der Waals surface area contributed by atoms with Crippen LogP contribution in [-0.2, 0) is 16.2 Å². The van der Waals surface area contributed by atoms with Crippen molar-refractivity contribution in [1.29, 1.82) is 0 Å². The van der Waals surface area contributed by atoms with Crippen molar-refractivity contribution in [2.75, 3.05) is 0 Å². The monoisotopic (exact) mass is 778 g/mol. The van der Waals surface area contributed by atoms with E-state index in [1.54, 1.807) is 0 Å². The third-order valence-electron chi connectivity index (χ3n) is 13.9. The van der Waals surface area contributed by atoms with Crippen LogP contribution in [0.2, 0.25) is 0 Å². The molecule has 0 spiro atoms. The summed E-state index contributed by atoms with van der Waals surface area (Å²) in [6, 6.07) is 43.9. The molecule has 3 heteroatoms. The minimum absolute atomic E-state index is 0.107. The molecule has 7 aromatic rings. The Morgan fingerprint density at radius 1 is 0.600 bits per heavy atom. The van der Waals surface area contributed by atoms with Crippen LogP contribution in [0.5, 0.6) is 0 Å². The molecule has 2 N–H and O–H groups in total. The minimum Gasteiger partial charge on any atom is -0.438 e. The predicted molar refractivity (Wildman–Crippen MR) is 253 cm³/mol. The van der Waals surface area contributed by atoms with Gasteiger partial charge < -0.3 is 10.2 Å². The third kappa shape index (κ3) is 5.38. The van der Waals surface area contributed by atoms with Gasteiger partial charge in [0.15, 0.2) is 0 Å². The zero-order chi connectivity index (χ0) is 41.9. The Bertz CT molecular complexity index is 3120. The standard InChI is InChI=1S/C57H50N2O/c1-10-11-16-39-34(3)55(4,5)48-30-35(21-25-42(39)48)33(2)52-45-29-36(37-22-26-43-40-17-12-14-19-46(40)56(6,7)49(43)31-37)24-28-51(45)60-54(52)59-53(58)38-23-27-44-41-18-13-15-20-47(41)57(8,9)50(44)32-38/h10-32H,2-3H2,1,4-9H3,(H2,58,59)/b11-10-,39-16+. The average molecular weight is 779 g/mol. The summed E-state index contributed by atoms with van der Waals surface area (Å²) in [7, 11) is 0. The fraction of sp³-hybridized carbons (Fsp3) is 0.175. The lowest BCUT2D eigenvalue weighted by molar-refractivity contribution is 0.625. The molecule has 60 heavy (non-hydrogen) atoms. The van der Waals surface area contributed by atoms with Crippen LogP contribution < -0.4 is 5.73 Å². The Morgan fingerprint density at radius 2 is 1.13 bits per heavy atom. The third-order valence-corrected chi connectivity index (χ3v) is 13.9. The number of benzene rings is 6. The van der Waals surface area contributed by atoms with Crippen molar-refractivity contribution in [2.24, 2.45) is 10.7 Å². The highest BCUT2D eigenvalue weighted by molar-refractivity contribution is 6.05. The second-order valence-electron chi connectivity index (χ2n) is 18.3. The maximum absolute atomic E-state index is 7.00. The second kappa shape index (κ2) is 13.1. The highest BCUT2D eigenvalue weighted by atomic mass is 16.3. The van der Waals surface area contributed by atoms with Crippen molar-refractivity contribution in [3.05, 3.63) is 208 Å². The van der Waals surface area contributed by atoms with Crippen LogP contribution in [0.15, 0.2) is 168 Å². The molecule has 3 aliphatic carbocycles. The van der Waals surface area contributed by atoms with Crippen LogP contribution in [0.4, 0.5) is 5.88 Å². The van der Waals surface area contributed by atoms with E-state index in [4.69, 9.17) is 21.7 Å². The average Bonchev–Trinajstić information content (AvgIpc) is 3.87. The fourth-order valence-electron chi connectivity index (χ4n) is 10.2. The van der Waals surface area contributed by atoms with E-state index >= 15 is 0 Å². The maximum Gasteiger partial charge on any atom is 0.229 e. The molecular weight excluding hydrogens is 729 g/mol. The summed E-state index contributed by atoms with van der Waals surface area (Å²) in [5.74, 6) is 0.833. The van der Waals surface area contributed by atoms with Crippen molar-refractivity contribution >= 4 is 33.8 Å². The first-order valence-electron chi connectivity index (χ1n) is 21.0. The zero-order valence-electron chi connectivity index (χ0n) is 35.6. The van der Waals surface area contributed by atoms with Gasteiger partial charge in [-0.25, -0.2) is 0 Å². The van der Waals surface area contributed by atoms with Crippen molar-refractivity contribution in [2.45, 2.75) is 64.7 Å². The van der Waals surface area contributed by atoms with Gasteiger partial charge in [0.2, 0.25) is 5.88 Å². The number of rotatable bonds is 6. The number of nitrogens with zero attached hydrogens (tertiary/aromatic N) is 1. The smallest absolute Gasteiger partial charge is 0.229 e. The maximum atomic E-state index is 7.00. The lowest BCUT2D eigenvalue weighted by Gasteiger charge is -2.22. The number of aliphatic imine (C=N–C) groups is 1. The van der Waals surface area contributed by atoms with Gasteiger partial charge in [-0.15, -0.1) is 0 Å². The van der Waals surface area contributed by atoms with Gasteiger partial charge in [-0.05, 0) is 126 Å². The lowest BCUT2D eigenvalue weighted by atomic mass is 9.81. The fourth-order valence-corrected chi connectivity index (χ4v) is 10.2. The Hall–Kier alpha value is -6.71. The van der Waals surface area contributed by atoms with Crippen LogP contribution >= 0.6 is 0 Å². The number of fused-ring (bicyclic) bond motifs is 8. The summed E-state index contributed by atoms with van der Waals surface area (Å²) in [4.78, 5) is 5.12. The Balaban J connectivity index is 1.12. The van der Waals surface area contributed by atoms with Crippen LogP contribution in [0.1, 0.15) is 98.5 Å². The van der Waals surface area contributed by atoms with Crippen LogP contribution in [-0.4, -0.2) is 5.84 Å². The van der Waals surface area contributed by atoms with Gasteiger partial charge in [-0.1, -0.05) is 164 Å². The minimum atomic E-state index is -0.252. The predicted octanol–water partition coefficient (Wildman–Crippen LogP) is 14.6. The number of hydrogen-bond acceptors (Lipinski definition) is 2. The van der Waals surface area contributed by atoms with E-state index in [9.17, 15) is 0 Å². The molecule has 1 aromatic heterocycles. The summed E-state index contributed by atoms with van der Waals surface area (Å²) in [5.41, 5.74) is 28.0. The number of allylic oxidation sites excluding steroid dienone is 5. The first-order chi connectivity index (χ1) is 28.7. The second-order valence-corrected chi connectivity index (χ2v) is 18.3. The van der Waals surface area contributed by atoms with E-state index in [2.05, 4.69) is 188 Å². The number of nitrogens with two attached hydrogens (primary N) is 1. The van der Waals surface area contributed by atoms with Gasteiger partial charge in [0.1, 0.15) is 11.4 Å². The quantitative estimate of drug-likeness (QED) is 0.135. The molecule has 0 saturated heterocycles. The topological polar surface area (TPSA) is 51.5 Å². The molecule has 0 atom stereocenters. The molecule has 294 valence electrons. The number of furan rings is 1.